The molecule has 0 fully saturated rings. The summed E-state index contributed by atoms with van der Waals surface area (Å²) in [6, 6.07) is 19.0. The number of hydrogen-bond donors (Lipinski definition) is 2. The van der Waals surface area contributed by atoms with E-state index in [0.717, 1.165) is 35.6 Å². The summed E-state index contributed by atoms with van der Waals surface area (Å²) in [6.45, 7) is 2.99. The van der Waals surface area contributed by atoms with Gasteiger partial charge in [0.1, 0.15) is 11.5 Å². The molecule has 0 unspecified atom stereocenters. The van der Waals surface area contributed by atoms with Gasteiger partial charge in [-0.2, -0.15) is 0 Å². The number of hydrogen-bond acceptors (Lipinski definition) is 5. The zero-order valence-electron chi connectivity index (χ0n) is 20.2. The van der Waals surface area contributed by atoms with Crippen LogP contribution in [0.2, 0.25) is 0 Å². The summed E-state index contributed by atoms with van der Waals surface area (Å²) >= 11 is 0. The van der Waals surface area contributed by atoms with Gasteiger partial charge in [0.05, 0.1) is 29.1 Å². The minimum atomic E-state index is -0.234. The Labute approximate surface area is 207 Å². The summed E-state index contributed by atoms with van der Waals surface area (Å²) in [5, 5.41) is 10.3. The number of allylic oxidation sites excluding steroid dienone is 2. The summed E-state index contributed by atoms with van der Waals surface area (Å²) in [4.78, 5) is 16.9. The van der Waals surface area contributed by atoms with E-state index in [1.54, 1.807) is 6.08 Å². The monoisotopic (exact) mass is 468 g/mol. The predicted molar refractivity (Wildman–Crippen MR) is 143 cm³/mol. The van der Waals surface area contributed by atoms with Crippen molar-refractivity contribution < 1.29 is 14.6 Å². The number of benzene rings is 3. The van der Waals surface area contributed by atoms with Gasteiger partial charge in [-0.1, -0.05) is 63.3 Å². The summed E-state index contributed by atoms with van der Waals surface area (Å²) in [6.07, 6.45) is 10.6. The normalized spacial score (nSPS) is 13.7. The van der Waals surface area contributed by atoms with Crippen molar-refractivity contribution in [3.05, 3.63) is 83.9 Å². The number of nitrogens with two attached hydrogens (primary N) is 1. The fourth-order valence-corrected chi connectivity index (χ4v) is 4.23. The van der Waals surface area contributed by atoms with Crippen molar-refractivity contribution in [1.82, 2.24) is 0 Å². The van der Waals surface area contributed by atoms with Crippen molar-refractivity contribution in [2.75, 3.05) is 12.3 Å². The van der Waals surface area contributed by atoms with E-state index >= 15 is 0 Å². The molecule has 1 aliphatic rings. The van der Waals surface area contributed by atoms with Crippen LogP contribution in [0.5, 0.6) is 11.5 Å². The Bertz CT molecular complexity index is 1230. The average molecular weight is 469 g/mol. The van der Waals surface area contributed by atoms with Gasteiger partial charge in [-0.3, -0.25) is 4.79 Å². The van der Waals surface area contributed by atoms with Crippen LogP contribution < -0.4 is 10.5 Å². The Morgan fingerprint density at radius 2 is 1.46 bits per heavy atom. The molecule has 0 heterocycles. The van der Waals surface area contributed by atoms with Crippen LogP contribution in [0.4, 0.5) is 11.4 Å². The Morgan fingerprint density at radius 3 is 2.17 bits per heavy atom. The molecule has 0 saturated carbocycles. The fourth-order valence-electron chi connectivity index (χ4n) is 4.23. The lowest BCUT2D eigenvalue weighted by Crippen LogP contribution is -2.15. The number of aliphatic imine (C=N–C) groups is 1. The summed E-state index contributed by atoms with van der Waals surface area (Å²) in [5.74, 6) is 0.643. The number of phenolic OH excluding ortho intramolecular Hbond substituents is 1. The molecular weight excluding hydrogens is 436 g/mol. The maximum Gasteiger partial charge on any atom is 0.188 e. The Kier molecular flexibility index (Phi) is 7.99. The standard InChI is InChI=1S/C30H32N2O3/c1-2-3-4-5-6-7-20-35-24-14-10-22(11-15-24)21-8-12-23(13-9-21)32-26-17-19-27(33)29-25(31)16-18-28(34)30(26)29/h8-19,34H,2-7,20,31H2,1H3. The van der Waals surface area contributed by atoms with Crippen molar-refractivity contribution in [2.24, 2.45) is 4.99 Å². The number of unbranched alkanes of at least 4 members (excludes halogenated alkanes) is 5. The molecule has 0 atom stereocenters. The topological polar surface area (TPSA) is 84.9 Å². The van der Waals surface area contributed by atoms with Gasteiger partial charge in [0.15, 0.2) is 5.78 Å². The van der Waals surface area contributed by atoms with Gasteiger partial charge in [-0.25, -0.2) is 4.99 Å². The third-order valence-corrected chi connectivity index (χ3v) is 6.18. The van der Waals surface area contributed by atoms with E-state index < -0.39 is 0 Å². The number of ether oxygens (including phenoxy) is 1. The molecule has 0 aliphatic heterocycles. The third-order valence-electron chi connectivity index (χ3n) is 6.18. The van der Waals surface area contributed by atoms with Crippen LogP contribution in [0.25, 0.3) is 11.1 Å². The summed E-state index contributed by atoms with van der Waals surface area (Å²) < 4.78 is 5.88. The first-order chi connectivity index (χ1) is 17.1. The Hall–Kier alpha value is -3.86. The van der Waals surface area contributed by atoms with Crippen molar-refractivity contribution in [3.63, 3.8) is 0 Å². The molecule has 5 nitrogen and oxygen atoms in total. The molecule has 0 bridgehead atoms. The van der Waals surface area contributed by atoms with Gasteiger partial charge in [-0.05, 0) is 66.1 Å². The van der Waals surface area contributed by atoms with Crippen LogP contribution in [0.15, 0.2) is 77.8 Å². The molecule has 0 aromatic heterocycles. The van der Waals surface area contributed by atoms with Crippen molar-refractivity contribution >= 4 is 22.9 Å². The number of anilines is 1. The molecule has 0 saturated heterocycles. The molecule has 5 heteroatoms. The second-order valence-electron chi connectivity index (χ2n) is 8.81. The number of aromatic hydroxyl groups is 1. The first-order valence-corrected chi connectivity index (χ1v) is 12.3. The van der Waals surface area contributed by atoms with E-state index in [0.29, 0.717) is 22.5 Å². The lowest BCUT2D eigenvalue weighted by atomic mass is 9.92. The zero-order valence-corrected chi connectivity index (χ0v) is 20.2. The van der Waals surface area contributed by atoms with Gasteiger partial charge in [0.2, 0.25) is 0 Å². The highest BCUT2D eigenvalue weighted by atomic mass is 16.5. The molecule has 3 aromatic carbocycles. The zero-order chi connectivity index (χ0) is 24.6. The van der Waals surface area contributed by atoms with E-state index in [9.17, 15) is 9.90 Å². The number of carbonyl (C=O) groups excluding carboxylic acids is 1. The predicted octanol–water partition coefficient (Wildman–Crippen LogP) is 7.25. The first-order valence-electron chi connectivity index (χ1n) is 12.3. The number of ketones is 1. The van der Waals surface area contributed by atoms with E-state index in [-0.39, 0.29) is 11.5 Å². The highest BCUT2D eigenvalue weighted by Gasteiger charge is 2.23. The van der Waals surface area contributed by atoms with Crippen LogP contribution in [0, 0.1) is 0 Å². The number of carbonyl (C=O) groups is 1. The first kappa shape index (κ1) is 24.3. The number of fused-ring (bicyclic) bond motifs is 1. The maximum absolute atomic E-state index is 12.3. The molecular formula is C30H32N2O3. The fraction of sp³-hybridized carbons (Fsp3) is 0.267. The van der Waals surface area contributed by atoms with Crippen LogP contribution in [0.1, 0.15) is 61.4 Å². The van der Waals surface area contributed by atoms with Gasteiger partial charge >= 0.3 is 0 Å². The van der Waals surface area contributed by atoms with E-state index in [4.69, 9.17) is 10.5 Å². The van der Waals surface area contributed by atoms with E-state index in [2.05, 4.69) is 24.0 Å². The molecule has 3 N–H and O–H groups in total. The minimum Gasteiger partial charge on any atom is -0.507 e. The minimum absolute atomic E-state index is 0.0129. The molecule has 3 aromatic rings. The van der Waals surface area contributed by atoms with Gasteiger partial charge in [-0.15, -0.1) is 0 Å². The summed E-state index contributed by atoms with van der Waals surface area (Å²) in [5.41, 5.74) is 10.4. The van der Waals surface area contributed by atoms with Gasteiger partial charge in [0.25, 0.3) is 0 Å². The van der Waals surface area contributed by atoms with Crippen LogP contribution >= 0.6 is 0 Å². The SMILES string of the molecule is CCCCCCCCOc1ccc(-c2ccc(N=C3C=CC(=O)c4c(N)ccc(O)c43)cc2)cc1. The second kappa shape index (κ2) is 11.5. The molecule has 0 amide bonds. The van der Waals surface area contributed by atoms with Crippen LogP contribution in [-0.4, -0.2) is 23.2 Å². The number of phenols is 1. The van der Waals surface area contributed by atoms with Crippen molar-refractivity contribution in [2.45, 2.75) is 45.4 Å². The van der Waals surface area contributed by atoms with Crippen molar-refractivity contribution in [1.29, 1.82) is 0 Å². The largest absolute Gasteiger partial charge is 0.507 e. The number of rotatable bonds is 10. The molecule has 4 rings (SSSR count). The highest BCUT2D eigenvalue weighted by Crippen LogP contribution is 2.32. The summed E-state index contributed by atoms with van der Waals surface area (Å²) in [7, 11) is 0. The quantitative estimate of drug-likeness (QED) is 0.186. The maximum atomic E-state index is 12.3. The van der Waals surface area contributed by atoms with Crippen molar-refractivity contribution in [3.8, 4) is 22.6 Å². The molecule has 0 spiro atoms. The van der Waals surface area contributed by atoms with Gasteiger partial charge < -0.3 is 15.6 Å². The van der Waals surface area contributed by atoms with Crippen LogP contribution in [-0.2, 0) is 0 Å². The molecule has 35 heavy (non-hydrogen) atoms. The average Bonchev–Trinajstić information content (AvgIpc) is 2.88. The third kappa shape index (κ3) is 5.99. The lowest BCUT2D eigenvalue weighted by molar-refractivity contribution is 0.104. The molecule has 180 valence electrons. The number of nitrogens with zero attached hydrogens (tertiary/aromatic N) is 1. The second-order valence-corrected chi connectivity index (χ2v) is 8.81. The Morgan fingerprint density at radius 1 is 0.800 bits per heavy atom. The molecule has 1 aliphatic carbocycles. The highest BCUT2D eigenvalue weighted by molar-refractivity contribution is 6.27. The van der Waals surface area contributed by atoms with Gasteiger partial charge in [0, 0.05) is 5.69 Å². The van der Waals surface area contributed by atoms with Crippen LogP contribution in [0.3, 0.4) is 0 Å². The lowest BCUT2D eigenvalue weighted by Gasteiger charge is -2.16. The smallest absolute Gasteiger partial charge is 0.188 e. The van der Waals surface area contributed by atoms with E-state index in [1.165, 1.54) is 50.3 Å². The Balaban J connectivity index is 1.40. The molecule has 0 radical (unpaired) electrons. The number of nitrogen functional groups attached to an aromatic ring is 1. The van der Waals surface area contributed by atoms with E-state index in [1.807, 2.05) is 36.4 Å².